The van der Waals surface area contributed by atoms with E-state index < -0.39 is 37.0 Å². The van der Waals surface area contributed by atoms with Gasteiger partial charge < -0.3 is 9.30 Å². The molecule has 0 unspecified atom stereocenters. The summed E-state index contributed by atoms with van der Waals surface area (Å²) in [4.78, 5) is 37.7. The third-order valence-corrected chi connectivity index (χ3v) is 6.67. The second-order valence-electron chi connectivity index (χ2n) is 6.80. The van der Waals surface area contributed by atoms with E-state index in [0.29, 0.717) is 30.0 Å². The van der Waals surface area contributed by atoms with E-state index >= 15 is 0 Å². The van der Waals surface area contributed by atoms with Crippen LogP contribution in [-0.4, -0.2) is 48.2 Å². The number of aromatic nitrogens is 1. The van der Waals surface area contributed by atoms with Crippen LogP contribution in [0.5, 0.6) is 0 Å². The molecule has 0 saturated heterocycles. The van der Waals surface area contributed by atoms with Crippen LogP contribution in [0.1, 0.15) is 17.3 Å². The van der Waals surface area contributed by atoms with Gasteiger partial charge in [-0.15, -0.1) is 0 Å². The molecule has 0 fully saturated rings. The lowest BCUT2D eigenvalue weighted by Gasteiger charge is -2.06. The van der Waals surface area contributed by atoms with Gasteiger partial charge in [0.2, 0.25) is 0 Å². The first-order valence-electron chi connectivity index (χ1n) is 9.45. The Bertz CT molecular complexity index is 1410. The molecule has 0 N–H and O–H groups in total. The highest BCUT2D eigenvalue weighted by molar-refractivity contribution is 7.90. The maximum Gasteiger partial charge on any atom is 0.280 e. The van der Waals surface area contributed by atoms with Crippen LogP contribution in [0.25, 0.3) is 10.2 Å². The summed E-state index contributed by atoms with van der Waals surface area (Å²) >= 11 is 1.04. The monoisotopic (exact) mass is 494 g/mol. The van der Waals surface area contributed by atoms with Crippen molar-refractivity contribution in [2.45, 2.75) is 18.4 Å². The molecule has 3 aromatic rings. The van der Waals surface area contributed by atoms with Crippen LogP contribution >= 0.6 is 11.3 Å². The molecule has 0 aliphatic heterocycles. The van der Waals surface area contributed by atoms with E-state index in [9.17, 15) is 33.4 Å². The molecule has 1 heterocycles. The zero-order chi connectivity index (χ0) is 24.3. The quantitative estimate of drug-likeness (QED) is 0.262. The Morgan fingerprint density at radius 3 is 2.30 bits per heavy atom. The number of rotatable bonds is 8. The molecule has 0 atom stereocenters. The molecule has 0 bridgehead atoms. The maximum atomic E-state index is 12.8. The fourth-order valence-corrected chi connectivity index (χ4v) is 4.78. The predicted molar refractivity (Wildman–Crippen MR) is 119 cm³/mol. The Hall–Kier alpha value is -3.49. The van der Waals surface area contributed by atoms with Gasteiger partial charge in [0, 0.05) is 31.5 Å². The van der Waals surface area contributed by atoms with Crippen molar-refractivity contribution in [3.63, 3.8) is 0 Å². The first-order chi connectivity index (χ1) is 15.5. The van der Waals surface area contributed by atoms with Gasteiger partial charge in [0.15, 0.2) is 14.6 Å². The number of thiazole rings is 1. The summed E-state index contributed by atoms with van der Waals surface area (Å²) in [6.45, 7) is 2.87. The number of nitro benzene ring substituents is 2. The number of sulfone groups is 1. The lowest BCUT2D eigenvalue weighted by Crippen LogP contribution is -2.19. The molecule has 3 rings (SSSR count). The molecule has 33 heavy (non-hydrogen) atoms. The van der Waals surface area contributed by atoms with Gasteiger partial charge >= 0.3 is 0 Å². The Morgan fingerprint density at radius 1 is 1.12 bits per heavy atom. The summed E-state index contributed by atoms with van der Waals surface area (Å²) < 4.78 is 31.4. The number of ether oxygens (including phenoxy) is 1. The standard InChI is InChI=1S/C19H18N4O8S2/c1-3-31-7-6-21-16-5-4-15(33(2,29)30)11-17(16)32-19(21)20-18(24)12-8-13(22(25)26)10-14(9-12)23(27)28/h4-5,8-11H,3,6-7H2,1-2H3. The fourth-order valence-electron chi connectivity index (χ4n) is 2.97. The lowest BCUT2D eigenvalue weighted by molar-refractivity contribution is -0.394. The summed E-state index contributed by atoms with van der Waals surface area (Å²) in [5.41, 5.74) is -0.924. The predicted octanol–water partition coefficient (Wildman–Crippen LogP) is 2.70. The molecule has 0 spiro atoms. The molecule has 14 heteroatoms. The number of non-ortho nitro benzene ring substituents is 2. The Labute approximate surface area is 191 Å². The third kappa shape index (κ3) is 5.47. The number of fused-ring (bicyclic) bond motifs is 1. The van der Waals surface area contributed by atoms with Crippen molar-refractivity contribution < 1.29 is 27.8 Å². The molecule has 1 amide bonds. The number of amides is 1. The number of hydrogen-bond acceptors (Lipinski definition) is 9. The number of benzene rings is 2. The normalized spacial score (nSPS) is 12.2. The van der Waals surface area contributed by atoms with Gasteiger partial charge in [-0.3, -0.25) is 25.0 Å². The third-order valence-electron chi connectivity index (χ3n) is 4.51. The largest absolute Gasteiger partial charge is 0.380 e. The van der Waals surface area contributed by atoms with E-state index in [-0.39, 0.29) is 15.3 Å². The summed E-state index contributed by atoms with van der Waals surface area (Å²) in [6.07, 6.45) is 1.08. The summed E-state index contributed by atoms with van der Waals surface area (Å²) in [5, 5.41) is 22.2. The first kappa shape index (κ1) is 24.2. The number of hydrogen-bond donors (Lipinski definition) is 0. The molecule has 174 valence electrons. The minimum absolute atomic E-state index is 0.0976. The number of nitrogens with zero attached hydrogens (tertiary/aromatic N) is 4. The van der Waals surface area contributed by atoms with Crippen molar-refractivity contribution in [2.75, 3.05) is 19.5 Å². The van der Waals surface area contributed by atoms with Crippen LogP contribution in [-0.2, 0) is 21.1 Å². The molecule has 0 saturated carbocycles. The lowest BCUT2D eigenvalue weighted by atomic mass is 10.1. The molecule has 0 radical (unpaired) electrons. The summed E-state index contributed by atoms with van der Waals surface area (Å²) in [6, 6.07) is 7.09. The van der Waals surface area contributed by atoms with Crippen molar-refractivity contribution in [1.82, 2.24) is 4.57 Å². The minimum Gasteiger partial charge on any atom is -0.380 e. The summed E-state index contributed by atoms with van der Waals surface area (Å²) in [5.74, 6) is -0.915. The van der Waals surface area contributed by atoms with Crippen molar-refractivity contribution in [3.8, 4) is 0 Å². The molecular weight excluding hydrogens is 476 g/mol. The average Bonchev–Trinajstić information content (AvgIpc) is 3.09. The average molecular weight is 495 g/mol. The van der Waals surface area contributed by atoms with Gasteiger partial charge in [0.1, 0.15) is 0 Å². The Balaban J connectivity index is 2.17. The van der Waals surface area contributed by atoms with E-state index in [1.54, 1.807) is 10.6 Å². The van der Waals surface area contributed by atoms with Gasteiger partial charge in [-0.1, -0.05) is 11.3 Å². The molecule has 2 aromatic carbocycles. The topological polar surface area (TPSA) is 164 Å². The number of carbonyl (C=O) groups excluding carboxylic acids is 1. The van der Waals surface area contributed by atoms with Crippen molar-refractivity contribution in [2.24, 2.45) is 4.99 Å². The molecule has 0 aliphatic carbocycles. The second-order valence-corrected chi connectivity index (χ2v) is 9.83. The van der Waals surface area contributed by atoms with Gasteiger partial charge in [0.05, 0.1) is 43.2 Å². The van der Waals surface area contributed by atoms with Crippen LogP contribution in [0, 0.1) is 20.2 Å². The molecule has 12 nitrogen and oxygen atoms in total. The van der Waals surface area contributed by atoms with Gasteiger partial charge in [-0.25, -0.2) is 8.42 Å². The highest BCUT2D eigenvalue weighted by atomic mass is 32.2. The van der Waals surface area contributed by atoms with Crippen LogP contribution in [0.4, 0.5) is 11.4 Å². The zero-order valence-corrected chi connectivity index (χ0v) is 19.1. The Morgan fingerprint density at radius 2 is 1.76 bits per heavy atom. The van der Waals surface area contributed by atoms with E-state index in [1.165, 1.54) is 12.1 Å². The van der Waals surface area contributed by atoms with Gasteiger partial charge in [-0.2, -0.15) is 4.99 Å². The van der Waals surface area contributed by atoms with Gasteiger partial charge in [-0.05, 0) is 25.1 Å². The highest BCUT2D eigenvalue weighted by Crippen LogP contribution is 2.24. The van der Waals surface area contributed by atoms with E-state index in [4.69, 9.17) is 4.74 Å². The van der Waals surface area contributed by atoms with E-state index in [2.05, 4.69) is 4.99 Å². The van der Waals surface area contributed by atoms with Crippen molar-refractivity contribution >= 4 is 48.7 Å². The molecular formula is C19H18N4O8S2. The number of nitro groups is 2. The number of carbonyl (C=O) groups is 1. The second kappa shape index (κ2) is 9.56. The minimum atomic E-state index is -3.46. The maximum absolute atomic E-state index is 12.8. The molecule has 1 aromatic heterocycles. The van der Waals surface area contributed by atoms with Crippen LogP contribution in [0.3, 0.4) is 0 Å². The first-order valence-corrected chi connectivity index (χ1v) is 12.2. The van der Waals surface area contributed by atoms with Crippen molar-refractivity contribution in [1.29, 1.82) is 0 Å². The van der Waals surface area contributed by atoms with Crippen LogP contribution < -0.4 is 4.80 Å². The summed E-state index contributed by atoms with van der Waals surface area (Å²) in [7, 11) is -3.46. The van der Waals surface area contributed by atoms with Crippen LogP contribution in [0.15, 0.2) is 46.3 Å². The van der Waals surface area contributed by atoms with Gasteiger partial charge in [0.25, 0.3) is 17.3 Å². The SMILES string of the molecule is CCOCCn1c(=NC(=O)c2cc([N+](=O)[O-])cc([N+](=O)[O-])c2)sc2cc(S(C)(=O)=O)ccc21. The van der Waals surface area contributed by atoms with E-state index in [0.717, 1.165) is 35.8 Å². The zero-order valence-electron chi connectivity index (χ0n) is 17.5. The Kier molecular flexibility index (Phi) is 7.00. The fraction of sp³-hybridized carbons (Fsp3) is 0.263. The smallest absolute Gasteiger partial charge is 0.280 e. The van der Waals surface area contributed by atoms with Crippen LogP contribution in [0.2, 0.25) is 0 Å². The molecule has 0 aliphatic rings. The highest BCUT2D eigenvalue weighted by Gasteiger charge is 2.20. The van der Waals surface area contributed by atoms with Crippen molar-refractivity contribution in [3.05, 3.63) is 67.0 Å². The van der Waals surface area contributed by atoms with E-state index in [1.807, 2.05) is 6.92 Å².